The minimum Gasteiger partial charge on any atom is -0.394 e. The number of aliphatic hydroxyl groups is 1. The summed E-state index contributed by atoms with van der Waals surface area (Å²) in [5.74, 6) is 0.0936. The summed E-state index contributed by atoms with van der Waals surface area (Å²) < 4.78 is 6.35. The van der Waals surface area contributed by atoms with Gasteiger partial charge in [0.1, 0.15) is 11.8 Å². The molecule has 4 heteroatoms. The highest BCUT2D eigenvalue weighted by molar-refractivity contribution is 5.85. The lowest BCUT2D eigenvalue weighted by molar-refractivity contribution is -0.177. The second-order valence-electron chi connectivity index (χ2n) is 7.18. The van der Waals surface area contributed by atoms with Crippen LogP contribution in [0.4, 0.5) is 0 Å². The highest BCUT2D eigenvalue weighted by atomic mass is 16.5. The van der Waals surface area contributed by atoms with Crippen LogP contribution in [-0.2, 0) is 9.53 Å². The largest absolute Gasteiger partial charge is 0.394 e. The molecule has 1 aromatic carbocycles. The summed E-state index contributed by atoms with van der Waals surface area (Å²) >= 11 is 0. The fourth-order valence-corrected chi connectivity index (χ4v) is 4.32. The molecule has 24 heavy (non-hydrogen) atoms. The molecule has 2 fully saturated rings. The van der Waals surface area contributed by atoms with Crippen molar-refractivity contribution in [2.45, 2.75) is 57.4 Å². The molecule has 0 aliphatic carbocycles. The summed E-state index contributed by atoms with van der Waals surface area (Å²) in [7, 11) is 0. The Balaban J connectivity index is 1.99. The first-order valence-electron chi connectivity index (χ1n) is 8.79. The zero-order chi connectivity index (χ0) is 17.4. The highest BCUT2D eigenvalue weighted by Gasteiger charge is 2.59. The molecule has 4 atom stereocenters. The number of carbonyl (C=O) groups excluding carboxylic acids is 1. The van der Waals surface area contributed by atoms with Crippen molar-refractivity contribution in [3.8, 4) is 0 Å². The predicted molar refractivity (Wildman–Crippen MR) is 93.2 cm³/mol. The van der Waals surface area contributed by atoms with E-state index in [1.54, 1.807) is 0 Å². The molecule has 0 aromatic heterocycles. The molecule has 3 rings (SSSR count). The second-order valence-corrected chi connectivity index (χ2v) is 7.18. The molecule has 2 aliphatic heterocycles. The fourth-order valence-electron chi connectivity index (χ4n) is 4.32. The Morgan fingerprint density at radius 2 is 2.08 bits per heavy atom. The monoisotopic (exact) mass is 329 g/mol. The predicted octanol–water partition coefficient (Wildman–Crippen LogP) is 3.43. The molecule has 4 nitrogen and oxygen atoms in total. The van der Waals surface area contributed by atoms with Crippen LogP contribution in [-0.4, -0.2) is 34.3 Å². The van der Waals surface area contributed by atoms with Crippen LogP contribution in [0.3, 0.4) is 0 Å². The second kappa shape index (κ2) is 6.34. The Bertz CT molecular complexity index is 617. The van der Waals surface area contributed by atoms with Crippen molar-refractivity contribution >= 4 is 5.91 Å². The third-order valence-electron chi connectivity index (χ3n) is 5.84. The smallest absolute Gasteiger partial charge is 0.231 e. The van der Waals surface area contributed by atoms with Gasteiger partial charge in [-0.2, -0.15) is 0 Å². The van der Waals surface area contributed by atoms with Crippen molar-refractivity contribution in [1.82, 2.24) is 4.90 Å². The molecule has 2 aliphatic rings. The maximum Gasteiger partial charge on any atom is 0.231 e. The minimum absolute atomic E-state index is 0.0936. The summed E-state index contributed by atoms with van der Waals surface area (Å²) in [5.41, 5.74) is -0.0557. The van der Waals surface area contributed by atoms with E-state index < -0.39 is 11.1 Å². The van der Waals surface area contributed by atoms with Crippen LogP contribution in [0, 0.1) is 5.41 Å². The zero-order valence-electron chi connectivity index (χ0n) is 14.6. The van der Waals surface area contributed by atoms with Gasteiger partial charge in [0.25, 0.3) is 0 Å². The fraction of sp³-hybridized carbons (Fsp3) is 0.550. The van der Waals surface area contributed by atoms with E-state index in [4.69, 9.17) is 4.74 Å². The Morgan fingerprint density at radius 1 is 1.38 bits per heavy atom. The number of fused-ring (bicyclic) bond motifs is 1. The van der Waals surface area contributed by atoms with Crippen LogP contribution < -0.4 is 0 Å². The van der Waals surface area contributed by atoms with Gasteiger partial charge in [0.2, 0.25) is 5.91 Å². The number of aliphatic hydroxyl groups excluding tert-OH is 1. The van der Waals surface area contributed by atoms with Crippen molar-refractivity contribution < 1.29 is 14.6 Å². The van der Waals surface area contributed by atoms with Crippen LogP contribution in [0.25, 0.3) is 0 Å². The normalized spacial score (nSPS) is 35.8. The standard InChI is InChI=1S/C20H27NO3/c1-4-11-20(5-2)13-12-19(3)21(18(20)23)16(14-22)17(24-19)15-9-7-6-8-10-15/h4,6-10,16-17,22H,1,5,11-14H2,2-3H3/t16?,17-,19?,20-/m0/s1. The Hall–Kier alpha value is -1.65. The van der Waals surface area contributed by atoms with Crippen LogP contribution in [0.1, 0.15) is 51.2 Å². The number of nitrogens with zero attached hydrogens (tertiary/aromatic N) is 1. The molecule has 2 saturated heterocycles. The van der Waals surface area contributed by atoms with Gasteiger partial charge < -0.3 is 14.7 Å². The van der Waals surface area contributed by atoms with E-state index in [-0.39, 0.29) is 24.7 Å². The molecule has 1 aromatic rings. The number of hydrogen-bond acceptors (Lipinski definition) is 3. The molecule has 1 amide bonds. The molecule has 0 saturated carbocycles. The first kappa shape index (κ1) is 17.2. The maximum atomic E-state index is 13.4. The third-order valence-corrected chi connectivity index (χ3v) is 5.84. The Kier molecular flexibility index (Phi) is 4.54. The molecule has 1 N–H and O–H groups in total. The topological polar surface area (TPSA) is 49.8 Å². The average Bonchev–Trinajstić information content (AvgIpc) is 2.92. The summed E-state index contributed by atoms with van der Waals surface area (Å²) in [4.78, 5) is 15.2. The van der Waals surface area contributed by atoms with Crippen LogP contribution in [0.15, 0.2) is 43.0 Å². The van der Waals surface area contributed by atoms with Gasteiger partial charge in [-0.3, -0.25) is 4.79 Å². The molecule has 130 valence electrons. The summed E-state index contributed by atoms with van der Waals surface area (Å²) in [5, 5.41) is 10.0. The quantitative estimate of drug-likeness (QED) is 0.842. The lowest BCUT2D eigenvalue weighted by Gasteiger charge is -2.48. The van der Waals surface area contributed by atoms with Gasteiger partial charge in [0.05, 0.1) is 18.1 Å². The number of carbonyl (C=O) groups is 1. The number of piperidine rings is 1. The highest BCUT2D eigenvalue weighted by Crippen LogP contribution is 2.52. The van der Waals surface area contributed by atoms with Gasteiger partial charge in [-0.15, -0.1) is 6.58 Å². The molecular weight excluding hydrogens is 302 g/mol. The average molecular weight is 329 g/mol. The first-order chi connectivity index (χ1) is 11.5. The van der Waals surface area contributed by atoms with Crippen molar-refractivity contribution in [3.05, 3.63) is 48.6 Å². The number of allylic oxidation sites excluding steroid dienone is 1. The number of ether oxygens (including phenoxy) is 1. The van der Waals surface area contributed by atoms with E-state index >= 15 is 0 Å². The van der Waals surface area contributed by atoms with Crippen molar-refractivity contribution in [3.63, 3.8) is 0 Å². The van der Waals surface area contributed by atoms with Gasteiger partial charge in [-0.05, 0) is 38.2 Å². The van der Waals surface area contributed by atoms with E-state index in [1.165, 1.54) is 0 Å². The maximum absolute atomic E-state index is 13.4. The number of hydrogen-bond donors (Lipinski definition) is 1. The molecule has 0 bridgehead atoms. The van der Waals surface area contributed by atoms with Crippen LogP contribution in [0.5, 0.6) is 0 Å². The van der Waals surface area contributed by atoms with Crippen molar-refractivity contribution in [2.24, 2.45) is 5.41 Å². The van der Waals surface area contributed by atoms with Crippen molar-refractivity contribution in [2.75, 3.05) is 6.61 Å². The molecule has 2 unspecified atom stereocenters. The van der Waals surface area contributed by atoms with Gasteiger partial charge in [0.15, 0.2) is 0 Å². The van der Waals surface area contributed by atoms with Crippen molar-refractivity contribution in [1.29, 1.82) is 0 Å². The molecule has 0 spiro atoms. The SMILES string of the molecule is C=CC[C@@]1(CC)CCC2(C)O[C@@H](c3ccccc3)C(CO)N2C1=O. The summed E-state index contributed by atoms with van der Waals surface area (Å²) in [6, 6.07) is 9.53. The molecular formula is C20H27NO3. The third kappa shape index (κ3) is 2.49. The summed E-state index contributed by atoms with van der Waals surface area (Å²) in [6.45, 7) is 7.77. The Labute approximate surface area is 144 Å². The minimum atomic E-state index is -0.648. The van der Waals surface area contributed by atoms with Crippen LogP contribution >= 0.6 is 0 Å². The molecule has 2 heterocycles. The van der Waals surface area contributed by atoms with E-state index in [1.807, 2.05) is 48.2 Å². The first-order valence-corrected chi connectivity index (χ1v) is 8.79. The van der Waals surface area contributed by atoms with E-state index in [9.17, 15) is 9.90 Å². The molecule has 0 radical (unpaired) electrons. The van der Waals surface area contributed by atoms with Gasteiger partial charge >= 0.3 is 0 Å². The van der Waals surface area contributed by atoms with Gasteiger partial charge in [-0.1, -0.05) is 43.3 Å². The Morgan fingerprint density at radius 3 is 2.67 bits per heavy atom. The van der Waals surface area contributed by atoms with E-state index in [2.05, 4.69) is 13.5 Å². The lowest BCUT2D eigenvalue weighted by Crippen LogP contribution is -2.60. The number of rotatable bonds is 5. The zero-order valence-corrected chi connectivity index (χ0v) is 14.6. The lowest BCUT2D eigenvalue weighted by atomic mass is 9.71. The van der Waals surface area contributed by atoms with Gasteiger partial charge in [0, 0.05) is 0 Å². The summed E-state index contributed by atoms with van der Waals surface area (Å²) in [6.07, 6.45) is 4.56. The van der Waals surface area contributed by atoms with Crippen LogP contribution in [0.2, 0.25) is 0 Å². The van der Waals surface area contributed by atoms with E-state index in [0.717, 1.165) is 24.8 Å². The number of benzene rings is 1. The van der Waals surface area contributed by atoms with E-state index in [0.29, 0.717) is 6.42 Å². The van der Waals surface area contributed by atoms with Gasteiger partial charge in [-0.25, -0.2) is 0 Å². The number of amides is 1.